The summed E-state index contributed by atoms with van der Waals surface area (Å²) in [6.45, 7) is 2.24. The molecular formula is C12H14N2O2. The van der Waals surface area contributed by atoms with Crippen molar-refractivity contribution in [2.75, 3.05) is 18.5 Å². The molecule has 0 atom stereocenters. The van der Waals surface area contributed by atoms with E-state index < -0.39 is 0 Å². The third-order valence-electron chi connectivity index (χ3n) is 2.59. The molecule has 1 aromatic carbocycles. The lowest BCUT2D eigenvalue weighted by Crippen LogP contribution is -2.28. The minimum Gasteiger partial charge on any atom is -0.374 e. The van der Waals surface area contributed by atoms with E-state index >= 15 is 0 Å². The average Bonchev–Trinajstić information content (AvgIpc) is 2.28. The van der Waals surface area contributed by atoms with Crippen LogP contribution >= 0.6 is 0 Å². The molecule has 0 fully saturated rings. The van der Waals surface area contributed by atoms with Crippen molar-refractivity contribution in [2.45, 2.75) is 13.3 Å². The van der Waals surface area contributed by atoms with E-state index in [9.17, 15) is 4.79 Å². The Balaban J connectivity index is 2.34. The molecule has 0 aromatic heterocycles. The van der Waals surface area contributed by atoms with Crippen LogP contribution in [-0.4, -0.2) is 25.3 Å². The van der Waals surface area contributed by atoms with Crippen LogP contribution in [0.3, 0.4) is 0 Å². The molecule has 0 unspecified atom stereocenters. The Morgan fingerprint density at radius 3 is 2.94 bits per heavy atom. The van der Waals surface area contributed by atoms with Gasteiger partial charge in [0.1, 0.15) is 0 Å². The van der Waals surface area contributed by atoms with Gasteiger partial charge >= 0.3 is 5.97 Å². The van der Waals surface area contributed by atoms with Gasteiger partial charge in [0.05, 0.1) is 5.71 Å². The van der Waals surface area contributed by atoms with E-state index in [4.69, 9.17) is 4.84 Å². The third kappa shape index (κ3) is 2.05. The molecule has 0 amide bonds. The fourth-order valence-electron chi connectivity index (χ4n) is 1.79. The lowest BCUT2D eigenvalue weighted by atomic mass is 10.0. The van der Waals surface area contributed by atoms with Gasteiger partial charge in [-0.25, -0.2) is 4.79 Å². The molecule has 4 heteroatoms. The fraction of sp³-hybridized carbons (Fsp3) is 0.333. The van der Waals surface area contributed by atoms with Gasteiger partial charge in [-0.2, -0.15) is 0 Å². The molecule has 0 radical (unpaired) electrons. The molecule has 1 heterocycles. The summed E-state index contributed by atoms with van der Waals surface area (Å²) in [5.41, 5.74) is 3.00. The minimum atomic E-state index is -0.385. The number of carbonyl (C=O) groups excluding carboxylic acids is 1. The molecule has 0 aliphatic carbocycles. The normalized spacial score (nSPS) is 17.1. The van der Waals surface area contributed by atoms with E-state index in [2.05, 4.69) is 10.1 Å². The van der Waals surface area contributed by atoms with Gasteiger partial charge in [-0.15, -0.1) is 0 Å². The second-order valence-corrected chi connectivity index (χ2v) is 3.81. The second-order valence-electron chi connectivity index (χ2n) is 3.81. The lowest BCUT2D eigenvalue weighted by molar-refractivity contribution is -0.140. The van der Waals surface area contributed by atoms with Crippen LogP contribution in [0.1, 0.15) is 18.9 Å². The van der Waals surface area contributed by atoms with E-state index in [0.29, 0.717) is 0 Å². The van der Waals surface area contributed by atoms with Crippen LogP contribution in [0.25, 0.3) is 0 Å². The summed E-state index contributed by atoms with van der Waals surface area (Å²) in [5.74, 6) is -0.385. The third-order valence-corrected chi connectivity index (χ3v) is 2.59. The highest BCUT2D eigenvalue weighted by atomic mass is 16.7. The number of rotatable bonds is 1. The van der Waals surface area contributed by atoms with Crippen molar-refractivity contribution in [1.29, 1.82) is 0 Å². The number of nitrogens with zero attached hydrogens (tertiary/aromatic N) is 2. The predicted molar refractivity (Wildman–Crippen MR) is 62.6 cm³/mol. The van der Waals surface area contributed by atoms with Crippen molar-refractivity contribution >= 4 is 17.4 Å². The molecule has 1 aromatic rings. The maximum atomic E-state index is 10.7. The molecule has 0 spiro atoms. The molecule has 1 aliphatic rings. The highest BCUT2D eigenvalue weighted by molar-refractivity contribution is 6.06. The molecule has 0 saturated carbocycles. The molecule has 0 saturated heterocycles. The summed E-state index contributed by atoms with van der Waals surface area (Å²) in [4.78, 5) is 17.6. The van der Waals surface area contributed by atoms with E-state index in [1.807, 2.05) is 31.3 Å². The first-order valence-corrected chi connectivity index (χ1v) is 5.23. The van der Waals surface area contributed by atoms with Crippen molar-refractivity contribution in [2.24, 2.45) is 5.16 Å². The zero-order valence-corrected chi connectivity index (χ0v) is 9.43. The fourth-order valence-corrected chi connectivity index (χ4v) is 1.79. The summed E-state index contributed by atoms with van der Waals surface area (Å²) in [6.07, 6.45) is 0.792. The average molecular weight is 218 g/mol. The Labute approximate surface area is 94.5 Å². The number of para-hydroxylation sites is 1. The first-order chi connectivity index (χ1) is 7.68. The molecule has 84 valence electrons. The summed E-state index contributed by atoms with van der Waals surface area (Å²) in [5, 5.41) is 3.90. The maximum absolute atomic E-state index is 10.7. The smallest absolute Gasteiger partial charge is 0.331 e. The van der Waals surface area contributed by atoms with Gasteiger partial charge in [0.2, 0.25) is 0 Å². The molecule has 1 aliphatic heterocycles. The largest absolute Gasteiger partial charge is 0.374 e. The number of hydrogen-bond donors (Lipinski definition) is 0. The van der Waals surface area contributed by atoms with Crippen molar-refractivity contribution in [3.05, 3.63) is 29.8 Å². The lowest BCUT2D eigenvalue weighted by Gasteiger charge is -2.27. The maximum Gasteiger partial charge on any atom is 0.331 e. The van der Waals surface area contributed by atoms with Gasteiger partial charge in [0, 0.05) is 38.2 Å². The second kappa shape index (κ2) is 4.35. The highest BCUT2D eigenvalue weighted by Gasteiger charge is 2.19. The Morgan fingerprint density at radius 1 is 1.44 bits per heavy atom. The summed E-state index contributed by atoms with van der Waals surface area (Å²) in [7, 11) is 2.04. The van der Waals surface area contributed by atoms with Crippen LogP contribution in [0.2, 0.25) is 0 Å². The quantitative estimate of drug-likeness (QED) is 0.533. The van der Waals surface area contributed by atoms with Crippen LogP contribution in [0.5, 0.6) is 0 Å². The topological polar surface area (TPSA) is 41.9 Å². The molecule has 16 heavy (non-hydrogen) atoms. The first-order valence-electron chi connectivity index (χ1n) is 5.23. The van der Waals surface area contributed by atoms with E-state index in [0.717, 1.165) is 29.9 Å². The zero-order chi connectivity index (χ0) is 11.5. The van der Waals surface area contributed by atoms with Crippen LogP contribution in [0, 0.1) is 0 Å². The van der Waals surface area contributed by atoms with Gasteiger partial charge in [0.25, 0.3) is 0 Å². The Hall–Kier alpha value is -1.84. The van der Waals surface area contributed by atoms with Crippen molar-refractivity contribution < 1.29 is 9.63 Å². The standard InChI is InChI=1S/C12H14N2O2/c1-9(15)16-13-11-7-8-14(2)12-6-4-3-5-10(11)12/h3-6H,7-8H2,1-2H3/b13-11+. The van der Waals surface area contributed by atoms with Gasteiger partial charge < -0.3 is 9.74 Å². The Morgan fingerprint density at radius 2 is 2.19 bits per heavy atom. The number of oxime groups is 1. The zero-order valence-electron chi connectivity index (χ0n) is 9.43. The summed E-state index contributed by atoms with van der Waals surface area (Å²) < 4.78 is 0. The monoisotopic (exact) mass is 218 g/mol. The van der Waals surface area contributed by atoms with Crippen LogP contribution in [0.15, 0.2) is 29.4 Å². The molecule has 4 nitrogen and oxygen atoms in total. The number of benzene rings is 1. The van der Waals surface area contributed by atoms with Gasteiger partial charge in [-0.3, -0.25) is 0 Å². The van der Waals surface area contributed by atoms with Gasteiger partial charge in [0.15, 0.2) is 0 Å². The summed E-state index contributed by atoms with van der Waals surface area (Å²) in [6, 6.07) is 7.98. The molecule has 0 N–H and O–H groups in total. The molecule has 2 rings (SSSR count). The number of fused-ring (bicyclic) bond motifs is 1. The predicted octanol–water partition coefficient (Wildman–Crippen LogP) is 1.79. The highest BCUT2D eigenvalue weighted by Crippen LogP contribution is 2.25. The summed E-state index contributed by atoms with van der Waals surface area (Å²) >= 11 is 0. The van der Waals surface area contributed by atoms with Crippen LogP contribution in [-0.2, 0) is 9.63 Å². The number of carbonyl (C=O) groups is 1. The van der Waals surface area contributed by atoms with E-state index in [1.54, 1.807) is 0 Å². The SMILES string of the molecule is CC(=O)O/N=C1\CCN(C)c2ccccc21. The minimum absolute atomic E-state index is 0.385. The van der Waals surface area contributed by atoms with E-state index in [1.165, 1.54) is 6.92 Å². The number of hydrogen-bond acceptors (Lipinski definition) is 4. The van der Waals surface area contributed by atoms with Crippen LogP contribution < -0.4 is 4.90 Å². The van der Waals surface area contributed by atoms with Crippen molar-refractivity contribution in [1.82, 2.24) is 0 Å². The van der Waals surface area contributed by atoms with Gasteiger partial charge in [-0.1, -0.05) is 23.4 Å². The number of anilines is 1. The van der Waals surface area contributed by atoms with Crippen molar-refractivity contribution in [3.8, 4) is 0 Å². The Bertz CT molecular complexity index is 440. The molecular weight excluding hydrogens is 204 g/mol. The van der Waals surface area contributed by atoms with E-state index in [-0.39, 0.29) is 5.97 Å². The van der Waals surface area contributed by atoms with Crippen molar-refractivity contribution in [3.63, 3.8) is 0 Å². The Kier molecular flexibility index (Phi) is 2.90. The molecule has 0 bridgehead atoms. The van der Waals surface area contributed by atoms with Gasteiger partial charge in [-0.05, 0) is 6.07 Å². The first kappa shape index (κ1) is 10.7. The van der Waals surface area contributed by atoms with Crippen LogP contribution in [0.4, 0.5) is 5.69 Å².